The van der Waals surface area contributed by atoms with Gasteiger partial charge in [-0.25, -0.2) is 14.8 Å². The van der Waals surface area contributed by atoms with Gasteiger partial charge in [0.15, 0.2) is 5.69 Å². The zero-order valence-electron chi connectivity index (χ0n) is 11.0. The van der Waals surface area contributed by atoms with E-state index >= 15 is 0 Å². The number of nitrogens with one attached hydrogen (secondary N) is 1. The lowest BCUT2D eigenvalue weighted by molar-refractivity contribution is 0.0595. The van der Waals surface area contributed by atoms with E-state index in [0.29, 0.717) is 18.8 Å². The Hall–Kier alpha value is -2.31. The topological polar surface area (TPSA) is 98.8 Å². The minimum absolute atomic E-state index is 0.184. The fourth-order valence-electron chi connectivity index (χ4n) is 1.93. The third-order valence-corrected chi connectivity index (χ3v) is 2.94. The lowest BCUT2D eigenvalue weighted by atomic mass is 10.3. The van der Waals surface area contributed by atoms with Crippen molar-refractivity contribution in [3.8, 4) is 0 Å². The highest BCUT2D eigenvalue weighted by molar-refractivity contribution is 5.92. The maximum Gasteiger partial charge on any atom is 0.360 e. The summed E-state index contributed by atoms with van der Waals surface area (Å²) in [6.07, 6.45) is 4.84. The lowest BCUT2D eigenvalue weighted by Gasteiger charge is -2.07. The van der Waals surface area contributed by atoms with Crippen LogP contribution in [0.1, 0.15) is 28.9 Å². The van der Waals surface area contributed by atoms with Crippen LogP contribution < -0.4 is 5.73 Å². The molecule has 2 aromatic heterocycles. The third kappa shape index (κ3) is 2.59. The average molecular weight is 263 g/mol. The Morgan fingerprint density at radius 1 is 1.58 bits per heavy atom. The summed E-state index contributed by atoms with van der Waals surface area (Å²) in [7, 11) is 1.32. The van der Waals surface area contributed by atoms with E-state index in [9.17, 15) is 4.79 Å². The van der Waals surface area contributed by atoms with Crippen molar-refractivity contribution in [2.45, 2.75) is 26.3 Å². The largest absolute Gasteiger partial charge is 0.464 e. The van der Waals surface area contributed by atoms with Crippen LogP contribution in [0.2, 0.25) is 0 Å². The van der Waals surface area contributed by atoms with E-state index in [4.69, 9.17) is 5.73 Å². The fourth-order valence-corrected chi connectivity index (χ4v) is 1.93. The predicted molar refractivity (Wildman–Crippen MR) is 69.6 cm³/mol. The normalized spacial score (nSPS) is 10.6. The molecule has 0 atom stereocenters. The number of carbonyl (C=O) groups excluding carboxylic acids is 1. The van der Waals surface area contributed by atoms with Crippen molar-refractivity contribution in [3.05, 3.63) is 29.7 Å². The number of nitrogens with zero attached hydrogens (tertiary/aromatic N) is 3. The maximum atomic E-state index is 11.6. The van der Waals surface area contributed by atoms with E-state index in [-0.39, 0.29) is 5.69 Å². The van der Waals surface area contributed by atoms with Crippen LogP contribution in [0.5, 0.6) is 0 Å². The van der Waals surface area contributed by atoms with Gasteiger partial charge in [-0.15, -0.1) is 0 Å². The molecular weight excluding hydrogens is 246 g/mol. The van der Waals surface area contributed by atoms with Crippen LogP contribution in [-0.4, -0.2) is 32.6 Å². The number of hydrogen-bond acceptors (Lipinski definition) is 5. The van der Waals surface area contributed by atoms with Gasteiger partial charge >= 0.3 is 5.97 Å². The number of aromatic nitrogens is 4. The average Bonchev–Trinajstić information content (AvgIpc) is 3.03. The molecule has 0 amide bonds. The first-order valence-corrected chi connectivity index (χ1v) is 6.07. The van der Waals surface area contributed by atoms with Crippen LogP contribution in [0.25, 0.3) is 0 Å². The van der Waals surface area contributed by atoms with Crippen molar-refractivity contribution >= 4 is 11.8 Å². The number of carbonyl (C=O) groups is 1. The van der Waals surface area contributed by atoms with Gasteiger partial charge in [-0.1, -0.05) is 6.92 Å². The van der Waals surface area contributed by atoms with Gasteiger partial charge < -0.3 is 20.0 Å². The van der Waals surface area contributed by atoms with Crippen molar-refractivity contribution in [2.75, 3.05) is 12.8 Å². The quantitative estimate of drug-likeness (QED) is 0.777. The Labute approximate surface area is 110 Å². The van der Waals surface area contributed by atoms with E-state index in [2.05, 4.69) is 19.7 Å². The van der Waals surface area contributed by atoms with Gasteiger partial charge in [0, 0.05) is 31.3 Å². The molecule has 0 aliphatic rings. The summed E-state index contributed by atoms with van der Waals surface area (Å²) in [5, 5.41) is 0. The molecule has 0 unspecified atom stereocenters. The van der Waals surface area contributed by atoms with E-state index in [1.807, 2.05) is 11.5 Å². The van der Waals surface area contributed by atoms with Gasteiger partial charge in [-0.2, -0.15) is 0 Å². The number of aryl methyl sites for hydroxylation is 2. The SMILES string of the molecule is CCc1nc(C(=O)OC)c(N)n1CCc1cnc[nH]1. The first-order chi connectivity index (χ1) is 9.17. The van der Waals surface area contributed by atoms with Gasteiger partial charge in [0.1, 0.15) is 11.6 Å². The van der Waals surface area contributed by atoms with Crippen LogP contribution in [0.3, 0.4) is 0 Å². The van der Waals surface area contributed by atoms with Gasteiger partial charge in [-0.3, -0.25) is 0 Å². The van der Waals surface area contributed by atoms with Crippen LogP contribution in [-0.2, 0) is 24.1 Å². The molecule has 2 aromatic rings. The van der Waals surface area contributed by atoms with Gasteiger partial charge in [-0.05, 0) is 0 Å². The maximum absolute atomic E-state index is 11.6. The van der Waals surface area contributed by atoms with E-state index in [0.717, 1.165) is 17.9 Å². The molecule has 19 heavy (non-hydrogen) atoms. The molecule has 0 aromatic carbocycles. The molecule has 0 fully saturated rings. The molecule has 0 aliphatic heterocycles. The first kappa shape index (κ1) is 13.1. The van der Waals surface area contributed by atoms with Crippen LogP contribution in [0.15, 0.2) is 12.5 Å². The summed E-state index contributed by atoms with van der Waals surface area (Å²) < 4.78 is 6.51. The standard InChI is InChI=1S/C12H17N5O2/c1-3-9-16-10(12(18)19-2)11(13)17(9)5-4-8-6-14-7-15-8/h6-7H,3-5,13H2,1-2H3,(H,14,15). The van der Waals surface area contributed by atoms with Crippen molar-refractivity contribution in [1.29, 1.82) is 0 Å². The lowest BCUT2D eigenvalue weighted by Crippen LogP contribution is -2.11. The highest BCUT2D eigenvalue weighted by Gasteiger charge is 2.20. The van der Waals surface area contributed by atoms with Gasteiger partial charge in [0.05, 0.1) is 13.4 Å². The second-order valence-electron chi connectivity index (χ2n) is 4.09. The minimum Gasteiger partial charge on any atom is -0.464 e. The molecule has 0 saturated carbocycles. The zero-order valence-corrected chi connectivity index (χ0v) is 11.0. The second kappa shape index (κ2) is 5.55. The van der Waals surface area contributed by atoms with Crippen molar-refractivity contribution in [1.82, 2.24) is 19.5 Å². The summed E-state index contributed by atoms with van der Waals surface area (Å²) in [5.41, 5.74) is 7.16. The second-order valence-corrected chi connectivity index (χ2v) is 4.09. The molecule has 7 nitrogen and oxygen atoms in total. The Balaban J connectivity index is 2.23. The summed E-state index contributed by atoms with van der Waals surface area (Å²) in [6.45, 7) is 2.61. The molecular formula is C12H17N5O2. The molecule has 102 valence electrons. The number of imidazole rings is 2. The number of hydrogen-bond donors (Lipinski definition) is 2. The van der Waals surface area contributed by atoms with Gasteiger partial charge in [0.2, 0.25) is 0 Å². The van der Waals surface area contributed by atoms with E-state index in [1.54, 1.807) is 12.5 Å². The van der Waals surface area contributed by atoms with E-state index < -0.39 is 5.97 Å². The number of rotatable bonds is 5. The van der Waals surface area contributed by atoms with Crippen molar-refractivity contribution in [2.24, 2.45) is 0 Å². The van der Waals surface area contributed by atoms with E-state index in [1.165, 1.54) is 7.11 Å². The number of methoxy groups -OCH3 is 1. The summed E-state index contributed by atoms with van der Waals surface area (Å²) in [4.78, 5) is 22.8. The molecule has 2 rings (SSSR count). The summed E-state index contributed by atoms with van der Waals surface area (Å²) >= 11 is 0. The zero-order chi connectivity index (χ0) is 13.8. The summed E-state index contributed by atoms with van der Waals surface area (Å²) in [6, 6.07) is 0. The van der Waals surface area contributed by atoms with Gasteiger partial charge in [0.25, 0.3) is 0 Å². The minimum atomic E-state index is -0.507. The number of aromatic amines is 1. The third-order valence-electron chi connectivity index (χ3n) is 2.94. The molecule has 2 heterocycles. The number of esters is 1. The first-order valence-electron chi connectivity index (χ1n) is 6.07. The van der Waals surface area contributed by atoms with Crippen LogP contribution in [0.4, 0.5) is 5.82 Å². The predicted octanol–water partition coefficient (Wildman–Crippen LogP) is 0.780. The molecule has 0 radical (unpaired) electrons. The molecule has 3 N–H and O–H groups in total. The highest BCUT2D eigenvalue weighted by atomic mass is 16.5. The van der Waals surface area contributed by atoms with Crippen LogP contribution >= 0.6 is 0 Å². The number of nitrogen functional groups attached to an aromatic ring is 1. The molecule has 7 heteroatoms. The number of nitrogens with two attached hydrogens (primary N) is 1. The number of H-pyrrole nitrogens is 1. The van der Waals surface area contributed by atoms with Crippen LogP contribution in [0, 0.1) is 0 Å². The Morgan fingerprint density at radius 2 is 2.37 bits per heavy atom. The van der Waals surface area contributed by atoms with Crippen molar-refractivity contribution < 1.29 is 9.53 Å². The highest BCUT2D eigenvalue weighted by Crippen LogP contribution is 2.17. The Bertz CT molecular complexity index is 559. The Kier molecular flexibility index (Phi) is 3.84. The Morgan fingerprint density at radius 3 is 2.95 bits per heavy atom. The monoisotopic (exact) mass is 263 g/mol. The molecule has 0 bridgehead atoms. The fraction of sp³-hybridized carbons (Fsp3) is 0.417. The molecule has 0 spiro atoms. The molecule has 0 saturated heterocycles. The molecule has 0 aliphatic carbocycles. The summed E-state index contributed by atoms with van der Waals surface area (Å²) in [5.74, 6) is 0.619. The van der Waals surface area contributed by atoms with Crippen molar-refractivity contribution in [3.63, 3.8) is 0 Å². The number of ether oxygens (including phenoxy) is 1. The smallest absolute Gasteiger partial charge is 0.360 e. The number of anilines is 1.